The third-order valence-electron chi connectivity index (χ3n) is 3.02. The van der Waals surface area contributed by atoms with Crippen LogP contribution in [0, 0.1) is 10.1 Å². The standard InChI is InChI=1S/C14H15NO5/c1-14(2,3)11-9-6-5-8(19-4)7-10(9)20-13(16)12(11)15(17)18/h5-7H,1-4H3. The molecule has 0 saturated carbocycles. The molecule has 0 bridgehead atoms. The van der Waals surface area contributed by atoms with Crippen molar-refractivity contribution in [2.24, 2.45) is 0 Å². The van der Waals surface area contributed by atoms with Gasteiger partial charge in [0.1, 0.15) is 11.3 Å². The number of nitro groups is 1. The maximum absolute atomic E-state index is 11.9. The van der Waals surface area contributed by atoms with Gasteiger partial charge in [0.2, 0.25) is 0 Å². The molecule has 0 aliphatic heterocycles. The van der Waals surface area contributed by atoms with E-state index in [1.165, 1.54) is 7.11 Å². The van der Waals surface area contributed by atoms with Crippen LogP contribution >= 0.6 is 0 Å². The summed E-state index contributed by atoms with van der Waals surface area (Å²) in [4.78, 5) is 22.4. The van der Waals surface area contributed by atoms with Crippen molar-refractivity contribution in [1.29, 1.82) is 0 Å². The predicted octanol–water partition coefficient (Wildman–Crippen LogP) is 3.01. The first-order chi connectivity index (χ1) is 9.25. The molecule has 106 valence electrons. The van der Waals surface area contributed by atoms with Gasteiger partial charge in [-0.05, 0) is 17.5 Å². The fourth-order valence-corrected chi connectivity index (χ4v) is 2.22. The van der Waals surface area contributed by atoms with E-state index in [9.17, 15) is 14.9 Å². The molecule has 0 aliphatic carbocycles. The van der Waals surface area contributed by atoms with Gasteiger partial charge in [-0.2, -0.15) is 0 Å². The van der Waals surface area contributed by atoms with Gasteiger partial charge < -0.3 is 9.15 Å². The van der Waals surface area contributed by atoms with Gasteiger partial charge in [0.15, 0.2) is 0 Å². The van der Waals surface area contributed by atoms with E-state index >= 15 is 0 Å². The molecular formula is C14H15NO5. The number of nitrogens with zero attached hydrogens (tertiary/aromatic N) is 1. The van der Waals surface area contributed by atoms with Crippen molar-refractivity contribution in [2.45, 2.75) is 26.2 Å². The number of hydrogen-bond acceptors (Lipinski definition) is 5. The maximum Gasteiger partial charge on any atom is 0.415 e. The Labute approximate surface area is 115 Å². The van der Waals surface area contributed by atoms with E-state index in [-0.39, 0.29) is 5.58 Å². The number of fused-ring (bicyclic) bond motifs is 1. The molecule has 1 aromatic heterocycles. The van der Waals surface area contributed by atoms with Gasteiger partial charge in [-0.1, -0.05) is 20.8 Å². The van der Waals surface area contributed by atoms with Crippen molar-refractivity contribution in [3.05, 3.63) is 44.3 Å². The van der Waals surface area contributed by atoms with E-state index in [4.69, 9.17) is 9.15 Å². The van der Waals surface area contributed by atoms with Crippen LogP contribution in [0.1, 0.15) is 26.3 Å². The van der Waals surface area contributed by atoms with Crippen LogP contribution in [0.4, 0.5) is 5.69 Å². The van der Waals surface area contributed by atoms with Gasteiger partial charge in [-0.3, -0.25) is 10.1 Å². The summed E-state index contributed by atoms with van der Waals surface area (Å²) >= 11 is 0. The van der Waals surface area contributed by atoms with Crippen molar-refractivity contribution < 1.29 is 14.1 Å². The Morgan fingerprint density at radius 2 is 1.95 bits per heavy atom. The van der Waals surface area contributed by atoms with Crippen molar-refractivity contribution in [1.82, 2.24) is 0 Å². The van der Waals surface area contributed by atoms with Gasteiger partial charge in [-0.25, -0.2) is 4.79 Å². The lowest BCUT2D eigenvalue weighted by Gasteiger charge is -2.20. The van der Waals surface area contributed by atoms with Crippen molar-refractivity contribution in [2.75, 3.05) is 7.11 Å². The van der Waals surface area contributed by atoms with E-state index < -0.39 is 21.7 Å². The number of hydrogen-bond donors (Lipinski definition) is 0. The smallest absolute Gasteiger partial charge is 0.415 e. The van der Waals surface area contributed by atoms with Crippen LogP contribution in [0.15, 0.2) is 27.4 Å². The maximum atomic E-state index is 11.9. The third-order valence-corrected chi connectivity index (χ3v) is 3.02. The first-order valence-electron chi connectivity index (χ1n) is 6.05. The second kappa shape index (κ2) is 4.63. The van der Waals surface area contributed by atoms with Crippen LogP contribution in [0.2, 0.25) is 0 Å². The van der Waals surface area contributed by atoms with Gasteiger partial charge >= 0.3 is 11.3 Å². The van der Waals surface area contributed by atoms with Gasteiger partial charge in [-0.15, -0.1) is 0 Å². The molecule has 6 heteroatoms. The molecule has 0 spiro atoms. The Bertz CT molecular complexity index is 740. The van der Waals surface area contributed by atoms with Crippen LogP contribution in [0.25, 0.3) is 11.0 Å². The lowest BCUT2D eigenvalue weighted by molar-refractivity contribution is -0.388. The number of ether oxygens (including phenoxy) is 1. The molecule has 0 fully saturated rings. The molecule has 0 aliphatic rings. The van der Waals surface area contributed by atoms with Crippen molar-refractivity contribution in [3.63, 3.8) is 0 Å². The average molecular weight is 277 g/mol. The lowest BCUT2D eigenvalue weighted by Crippen LogP contribution is -2.20. The first kappa shape index (κ1) is 14.0. The Kier molecular flexibility index (Phi) is 3.25. The molecular weight excluding hydrogens is 262 g/mol. The van der Waals surface area contributed by atoms with Crippen LogP contribution < -0.4 is 10.4 Å². The van der Waals surface area contributed by atoms with E-state index in [0.29, 0.717) is 16.7 Å². The fourth-order valence-electron chi connectivity index (χ4n) is 2.22. The summed E-state index contributed by atoms with van der Waals surface area (Å²) in [6, 6.07) is 4.90. The Morgan fingerprint density at radius 1 is 1.30 bits per heavy atom. The normalized spacial score (nSPS) is 11.6. The zero-order valence-electron chi connectivity index (χ0n) is 11.7. The Balaban J connectivity index is 2.98. The minimum absolute atomic E-state index is 0.282. The van der Waals surface area contributed by atoms with Gasteiger partial charge in [0.05, 0.1) is 17.6 Å². The quantitative estimate of drug-likeness (QED) is 0.478. The highest BCUT2D eigenvalue weighted by molar-refractivity contribution is 5.85. The van der Waals surface area contributed by atoms with E-state index in [1.54, 1.807) is 18.2 Å². The van der Waals surface area contributed by atoms with E-state index in [2.05, 4.69) is 0 Å². The minimum atomic E-state index is -0.944. The number of methoxy groups -OCH3 is 1. The van der Waals surface area contributed by atoms with Crippen LogP contribution in [-0.2, 0) is 5.41 Å². The third kappa shape index (κ3) is 2.24. The molecule has 2 aromatic rings. The van der Waals surface area contributed by atoms with Gasteiger partial charge in [0, 0.05) is 11.5 Å². The fraction of sp³-hybridized carbons (Fsp3) is 0.357. The summed E-state index contributed by atoms with van der Waals surface area (Å²) in [5.74, 6) is 0.523. The molecule has 0 atom stereocenters. The summed E-state index contributed by atoms with van der Waals surface area (Å²) in [6.45, 7) is 5.45. The number of rotatable bonds is 2. The van der Waals surface area contributed by atoms with Crippen LogP contribution in [-0.4, -0.2) is 12.0 Å². The van der Waals surface area contributed by atoms with Crippen molar-refractivity contribution >= 4 is 16.7 Å². The molecule has 0 saturated heterocycles. The summed E-state index contributed by atoms with van der Waals surface area (Å²) in [6.07, 6.45) is 0. The highest BCUT2D eigenvalue weighted by atomic mass is 16.6. The monoisotopic (exact) mass is 277 g/mol. The topological polar surface area (TPSA) is 82.6 Å². The first-order valence-corrected chi connectivity index (χ1v) is 6.05. The highest BCUT2D eigenvalue weighted by Crippen LogP contribution is 2.36. The largest absolute Gasteiger partial charge is 0.497 e. The second-order valence-corrected chi connectivity index (χ2v) is 5.48. The molecule has 0 amide bonds. The molecule has 0 unspecified atom stereocenters. The summed E-state index contributed by atoms with van der Waals surface area (Å²) in [5.41, 5.74) is -1.36. The molecule has 1 aromatic carbocycles. The molecule has 2 rings (SSSR count). The van der Waals surface area contributed by atoms with Crippen LogP contribution in [0.3, 0.4) is 0 Å². The molecule has 6 nitrogen and oxygen atoms in total. The Hall–Kier alpha value is -2.37. The van der Waals surface area contributed by atoms with E-state index in [1.807, 2.05) is 20.8 Å². The highest BCUT2D eigenvalue weighted by Gasteiger charge is 2.32. The molecule has 0 radical (unpaired) electrons. The zero-order chi connectivity index (χ0) is 15.1. The zero-order valence-corrected chi connectivity index (χ0v) is 11.7. The summed E-state index contributed by atoms with van der Waals surface area (Å²) < 4.78 is 10.1. The van der Waals surface area contributed by atoms with E-state index in [0.717, 1.165) is 0 Å². The molecule has 20 heavy (non-hydrogen) atoms. The Morgan fingerprint density at radius 3 is 2.45 bits per heavy atom. The SMILES string of the molecule is COc1ccc2c(C(C)(C)C)c([N+](=O)[O-])c(=O)oc2c1. The second-order valence-electron chi connectivity index (χ2n) is 5.48. The van der Waals surface area contributed by atoms with Gasteiger partial charge in [0.25, 0.3) is 0 Å². The van der Waals surface area contributed by atoms with Crippen LogP contribution in [0.5, 0.6) is 5.75 Å². The summed E-state index contributed by atoms with van der Waals surface area (Å²) in [7, 11) is 1.50. The summed E-state index contributed by atoms with van der Waals surface area (Å²) in [5, 5.41) is 11.7. The number of benzene rings is 1. The molecule has 1 heterocycles. The minimum Gasteiger partial charge on any atom is -0.497 e. The lowest BCUT2D eigenvalue weighted by atomic mass is 9.84. The molecule has 0 N–H and O–H groups in total. The predicted molar refractivity (Wildman–Crippen MR) is 74.4 cm³/mol. The van der Waals surface area contributed by atoms with Crippen molar-refractivity contribution in [3.8, 4) is 5.75 Å². The average Bonchev–Trinajstić information content (AvgIpc) is 2.34.